The molecule has 2 N–H and O–H groups in total. The standard InChI is InChI=1S/C17H17ClN4/c18-14-3-4-15-16(5-7-21-17(15)10-14)22-9-8-20-12-13-2-1-6-19-11-13/h1-7,10-11,20H,8-9,12H2,(H,21,22). The minimum atomic E-state index is 0.704. The summed E-state index contributed by atoms with van der Waals surface area (Å²) in [7, 11) is 0. The lowest BCUT2D eigenvalue weighted by Crippen LogP contribution is -2.21. The molecule has 0 amide bonds. The molecule has 0 saturated carbocycles. The van der Waals surface area contributed by atoms with Crippen LogP contribution in [-0.2, 0) is 6.54 Å². The third-order valence-electron chi connectivity index (χ3n) is 3.37. The van der Waals surface area contributed by atoms with Crippen LogP contribution in [0.3, 0.4) is 0 Å². The molecule has 3 rings (SSSR count). The van der Waals surface area contributed by atoms with Gasteiger partial charge in [-0.1, -0.05) is 17.7 Å². The van der Waals surface area contributed by atoms with Crippen molar-refractivity contribution in [2.24, 2.45) is 0 Å². The second-order valence-corrected chi connectivity index (χ2v) is 5.42. The maximum Gasteiger partial charge on any atom is 0.0737 e. The molecule has 0 bridgehead atoms. The summed E-state index contributed by atoms with van der Waals surface area (Å²) in [5, 5.41) is 8.61. The molecule has 0 aliphatic rings. The van der Waals surface area contributed by atoms with E-state index in [0.29, 0.717) is 5.02 Å². The summed E-state index contributed by atoms with van der Waals surface area (Å²) in [5.41, 5.74) is 3.16. The van der Waals surface area contributed by atoms with Crippen LogP contribution in [0.25, 0.3) is 10.9 Å². The predicted molar refractivity (Wildman–Crippen MR) is 91.2 cm³/mol. The molecule has 0 saturated heterocycles. The van der Waals surface area contributed by atoms with E-state index >= 15 is 0 Å². The Morgan fingerprint density at radius 3 is 2.86 bits per heavy atom. The quantitative estimate of drug-likeness (QED) is 0.684. The maximum atomic E-state index is 6.00. The minimum absolute atomic E-state index is 0.704. The molecular formula is C17H17ClN4. The molecular weight excluding hydrogens is 296 g/mol. The maximum absolute atomic E-state index is 6.00. The fraction of sp³-hybridized carbons (Fsp3) is 0.176. The van der Waals surface area contributed by atoms with Gasteiger partial charge in [-0.15, -0.1) is 0 Å². The highest BCUT2D eigenvalue weighted by Gasteiger charge is 2.02. The van der Waals surface area contributed by atoms with Crippen LogP contribution in [0.4, 0.5) is 5.69 Å². The smallest absolute Gasteiger partial charge is 0.0737 e. The SMILES string of the molecule is Clc1ccc2c(NCCNCc3cccnc3)ccnc2c1. The first kappa shape index (κ1) is 14.8. The van der Waals surface area contributed by atoms with Crippen molar-refractivity contribution in [3.05, 3.63) is 65.6 Å². The molecule has 0 atom stereocenters. The van der Waals surface area contributed by atoms with Gasteiger partial charge >= 0.3 is 0 Å². The Kier molecular flexibility index (Phi) is 4.83. The van der Waals surface area contributed by atoms with Gasteiger partial charge in [0.25, 0.3) is 0 Å². The molecule has 3 aromatic rings. The number of nitrogens with zero attached hydrogens (tertiary/aromatic N) is 2. The molecule has 0 aliphatic heterocycles. The molecule has 0 unspecified atom stereocenters. The first-order valence-electron chi connectivity index (χ1n) is 7.21. The minimum Gasteiger partial charge on any atom is -0.383 e. The van der Waals surface area contributed by atoms with Gasteiger partial charge in [0.1, 0.15) is 0 Å². The number of aromatic nitrogens is 2. The average Bonchev–Trinajstić information content (AvgIpc) is 2.55. The van der Waals surface area contributed by atoms with Crippen LogP contribution >= 0.6 is 11.6 Å². The fourth-order valence-electron chi connectivity index (χ4n) is 2.30. The number of nitrogens with one attached hydrogen (secondary N) is 2. The molecule has 112 valence electrons. The molecule has 0 aliphatic carbocycles. The van der Waals surface area contributed by atoms with Crippen molar-refractivity contribution >= 4 is 28.2 Å². The van der Waals surface area contributed by atoms with Crippen LogP contribution in [0.1, 0.15) is 5.56 Å². The number of halogens is 1. The predicted octanol–water partition coefficient (Wildman–Crippen LogP) is 3.48. The van der Waals surface area contributed by atoms with E-state index in [2.05, 4.69) is 26.7 Å². The zero-order valence-electron chi connectivity index (χ0n) is 12.1. The first-order chi connectivity index (χ1) is 10.8. The highest BCUT2D eigenvalue weighted by molar-refractivity contribution is 6.31. The van der Waals surface area contributed by atoms with Crippen molar-refractivity contribution in [3.63, 3.8) is 0 Å². The number of anilines is 1. The Balaban J connectivity index is 1.54. The summed E-state index contributed by atoms with van der Waals surface area (Å²) in [6.07, 6.45) is 5.45. The van der Waals surface area contributed by atoms with Gasteiger partial charge in [-0.2, -0.15) is 0 Å². The Labute approximate surface area is 134 Å². The number of fused-ring (bicyclic) bond motifs is 1. The zero-order chi connectivity index (χ0) is 15.2. The van der Waals surface area contributed by atoms with Crippen LogP contribution in [0, 0.1) is 0 Å². The van der Waals surface area contributed by atoms with Crippen LogP contribution in [-0.4, -0.2) is 23.1 Å². The van der Waals surface area contributed by atoms with Gasteiger partial charge in [0, 0.05) is 54.3 Å². The van der Waals surface area contributed by atoms with Crippen molar-refractivity contribution in [3.8, 4) is 0 Å². The number of benzene rings is 1. The van der Waals surface area contributed by atoms with E-state index < -0.39 is 0 Å². The van der Waals surface area contributed by atoms with E-state index in [4.69, 9.17) is 11.6 Å². The van der Waals surface area contributed by atoms with E-state index in [0.717, 1.165) is 36.2 Å². The number of rotatable bonds is 6. The topological polar surface area (TPSA) is 49.8 Å². The lowest BCUT2D eigenvalue weighted by Gasteiger charge is -2.10. The molecule has 0 radical (unpaired) electrons. The van der Waals surface area contributed by atoms with Crippen molar-refractivity contribution in [2.45, 2.75) is 6.54 Å². The van der Waals surface area contributed by atoms with Gasteiger partial charge < -0.3 is 10.6 Å². The summed E-state index contributed by atoms with van der Waals surface area (Å²) < 4.78 is 0. The molecule has 5 heteroatoms. The summed E-state index contributed by atoms with van der Waals surface area (Å²) in [5.74, 6) is 0. The lowest BCUT2D eigenvalue weighted by atomic mass is 10.2. The van der Waals surface area contributed by atoms with E-state index in [1.807, 2.05) is 36.5 Å². The lowest BCUT2D eigenvalue weighted by molar-refractivity contribution is 0.705. The van der Waals surface area contributed by atoms with Crippen molar-refractivity contribution < 1.29 is 0 Å². The second kappa shape index (κ2) is 7.20. The second-order valence-electron chi connectivity index (χ2n) is 4.98. The van der Waals surface area contributed by atoms with Crippen molar-refractivity contribution in [2.75, 3.05) is 18.4 Å². The zero-order valence-corrected chi connectivity index (χ0v) is 12.8. The monoisotopic (exact) mass is 312 g/mol. The van der Waals surface area contributed by atoms with Gasteiger partial charge in [0.05, 0.1) is 5.52 Å². The highest BCUT2D eigenvalue weighted by Crippen LogP contribution is 2.23. The van der Waals surface area contributed by atoms with E-state index in [1.165, 1.54) is 5.56 Å². The van der Waals surface area contributed by atoms with E-state index in [9.17, 15) is 0 Å². The normalized spacial score (nSPS) is 10.8. The fourth-order valence-corrected chi connectivity index (χ4v) is 2.46. The summed E-state index contributed by atoms with van der Waals surface area (Å²) >= 11 is 6.00. The summed E-state index contributed by atoms with van der Waals surface area (Å²) in [4.78, 5) is 8.44. The van der Waals surface area contributed by atoms with Crippen LogP contribution in [0.15, 0.2) is 55.0 Å². The van der Waals surface area contributed by atoms with Gasteiger partial charge in [-0.3, -0.25) is 9.97 Å². The molecule has 0 spiro atoms. The Hall–Kier alpha value is -2.17. The largest absolute Gasteiger partial charge is 0.383 e. The first-order valence-corrected chi connectivity index (χ1v) is 7.58. The molecule has 22 heavy (non-hydrogen) atoms. The number of hydrogen-bond acceptors (Lipinski definition) is 4. The third-order valence-corrected chi connectivity index (χ3v) is 3.61. The third kappa shape index (κ3) is 3.72. The van der Waals surface area contributed by atoms with E-state index in [-0.39, 0.29) is 0 Å². The van der Waals surface area contributed by atoms with Crippen molar-refractivity contribution in [1.82, 2.24) is 15.3 Å². The van der Waals surface area contributed by atoms with Crippen LogP contribution in [0.5, 0.6) is 0 Å². The van der Waals surface area contributed by atoms with Crippen LogP contribution in [0.2, 0.25) is 5.02 Å². The molecule has 1 aromatic carbocycles. The highest BCUT2D eigenvalue weighted by atomic mass is 35.5. The summed E-state index contributed by atoms with van der Waals surface area (Å²) in [6, 6.07) is 11.8. The Morgan fingerprint density at radius 1 is 1.05 bits per heavy atom. The van der Waals surface area contributed by atoms with Gasteiger partial charge in [0.2, 0.25) is 0 Å². The Bertz CT molecular complexity index is 746. The molecule has 4 nitrogen and oxygen atoms in total. The number of hydrogen-bond donors (Lipinski definition) is 2. The van der Waals surface area contributed by atoms with E-state index in [1.54, 1.807) is 12.4 Å². The molecule has 2 heterocycles. The van der Waals surface area contributed by atoms with Crippen molar-refractivity contribution in [1.29, 1.82) is 0 Å². The summed E-state index contributed by atoms with van der Waals surface area (Å²) in [6.45, 7) is 2.52. The number of pyridine rings is 2. The van der Waals surface area contributed by atoms with Gasteiger partial charge in [0.15, 0.2) is 0 Å². The van der Waals surface area contributed by atoms with Gasteiger partial charge in [-0.05, 0) is 35.9 Å². The Morgan fingerprint density at radius 2 is 2.00 bits per heavy atom. The van der Waals surface area contributed by atoms with Gasteiger partial charge in [-0.25, -0.2) is 0 Å². The molecule has 0 fully saturated rings. The molecule has 2 aromatic heterocycles. The average molecular weight is 313 g/mol. The van der Waals surface area contributed by atoms with Crippen LogP contribution < -0.4 is 10.6 Å².